The fourth-order valence-electron chi connectivity index (χ4n) is 8.41. The lowest BCUT2D eigenvalue weighted by Gasteiger charge is -2.18. The van der Waals surface area contributed by atoms with Crippen molar-refractivity contribution in [2.45, 2.75) is 284 Å². The molecule has 0 aliphatic rings. The van der Waals surface area contributed by atoms with Crippen LogP contribution in [0.5, 0.6) is 0 Å². The molecule has 0 heterocycles. The summed E-state index contributed by atoms with van der Waals surface area (Å²) in [6.45, 7) is 6.47. The highest BCUT2D eigenvalue weighted by Crippen LogP contribution is 2.14. The molecule has 0 aliphatic carbocycles. The number of hydrogen-bond donors (Lipinski definition) is 0. The Bertz CT molecular complexity index is 1650. The molecule has 0 saturated carbocycles. The average molecular weight is 1070 g/mol. The predicted molar refractivity (Wildman–Crippen MR) is 334 cm³/mol. The molecular formula is C71H116O6. The van der Waals surface area contributed by atoms with Crippen molar-refractivity contribution in [1.29, 1.82) is 0 Å². The van der Waals surface area contributed by atoms with Crippen LogP contribution in [-0.2, 0) is 28.6 Å². The summed E-state index contributed by atoms with van der Waals surface area (Å²) >= 11 is 0. The molecule has 6 heteroatoms. The first-order chi connectivity index (χ1) is 38.0. The second-order valence-corrected chi connectivity index (χ2v) is 20.6. The normalized spacial score (nSPS) is 13.0. The van der Waals surface area contributed by atoms with Crippen molar-refractivity contribution in [3.05, 3.63) is 134 Å². The van der Waals surface area contributed by atoms with Gasteiger partial charge in [-0.25, -0.2) is 0 Å². The van der Waals surface area contributed by atoms with E-state index in [-0.39, 0.29) is 31.1 Å². The first kappa shape index (κ1) is 72.5. The van der Waals surface area contributed by atoms with E-state index < -0.39 is 6.10 Å². The zero-order valence-electron chi connectivity index (χ0n) is 49.9. The molecule has 0 spiro atoms. The summed E-state index contributed by atoms with van der Waals surface area (Å²) in [7, 11) is 0. The molecule has 0 aromatic rings. The summed E-state index contributed by atoms with van der Waals surface area (Å²) in [6.07, 6.45) is 90.4. The molecule has 0 N–H and O–H groups in total. The average Bonchev–Trinajstić information content (AvgIpc) is 3.43. The summed E-state index contributed by atoms with van der Waals surface area (Å²) in [5, 5.41) is 0. The fraction of sp³-hybridized carbons (Fsp3) is 0.648. The Labute approximate surface area is 475 Å². The number of allylic oxidation sites excluding steroid dienone is 22. The topological polar surface area (TPSA) is 78.9 Å². The smallest absolute Gasteiger partial charge is 0.306 e. The third-order valence-electron chi connectivity index (χ3n) is 13.1. The van der Waals surface area contributed by atoms with Crippen LogP contribution in [0.15, 0.2) is 134 Å². The molecule has 0 fully saturated rings. The second kappa shape index (κ2) is 64.1. The Morgan fingerprint density at radius 1 is 0.273 bits per heavy atom. The Morgan fingerprint density at radius 3 is 0.831 bits per heavy atom. The van der Waals surface area contributed by atoms with E-state index in [1.165, 1.54) is 103 Å². The van der Waals surface area contributed by atoms with Crippen LogP contribution in [-0.4, -0.2) is 37.2 Å². The molecule has 1 atom stereocenters. The zero-order chi connectivity index (χ0) is 55.7. The first-order valence-corrected chi connectivity index (χ1v) is 31.7. The van der Waals surface area contributed by atoms with Crippen molar-refractivity contribution in [2.75, 3.05) is 13.2 Å². The number of carbonyl (C=O) groups excluding carboxylic acids is 3. The molecule has 1 unspecified atom stereocenters. The van der Waals surface area contributed by atoms with Gasteiger partial charge in [-0.2, -0.15) is 0 Å². The van der Waals surface area contributed by atoms with E-state index in [2.05, 4.69) is 154 Å². The molecule has 0 aromatic carbocycles. The number of hydrogen-bond acceptors (Lipinski definition) is 6. The SMILES string of the molecule is CC/C=C\C/C=C\C/C=C\C/C=C\C/C=C\C/C=C\C/C=C\C/C=C\C/C=C\C/C=C\CCCCC(=O)OCC(COC(=O)CCCCCCCCCCCC)OC(=O)CCCCCCC/C=C\CCCCCCCCC. The van der Waals surface area contributed by atoms with Crippen LogP contribution in [0.3, 0.4) is 0 Å². The lowest BCUT2D eigenvalue weighted by Crippen LogP contribution is -2.30. The van der Waals surface area contributed by atoms with Gasteiger partial charge in [0.1, 0.15) is 13.2 Å². The van der Waals surface area contributed by atoms with Crippen LogP contribution in [0.4, 0.5) is 0 Å². The minimum Gasteiger partial charge on any atom is -0.462 e. The van der Waals surface area contributed by atoms with Gasteiger partial charge < -0.3 is 14.2 Å². The van der Waals surface area contributed by atoms with E-state index in [0.29, 0.717) is 25.7 Å². The lowest BCUT2D eigenvalue weighted by molar-refractivity contribution is -0.167. The van der Waals surface area contributed by atoms with Gasteiger partial charge in [-0.1, -0.05) is 270 Å². The number of ether oxygens (including phenoxy) is 3. The van der Waals surface area contributed by atoms with Gasteiger partial charge in [0.2, 0.25) is 0 Å². The summed E-state index contributed by atoms with van der Waals surface area (Å²) in [5.74, 6) is -0.951. The van der Waals surface area contributed by atoms with Gasteiger partial charge >= 0.3 is 17.9 Å². The summed E-state index contributed by atoms with van der Waals surface area (Å²) in [4.78, 5) is 38.1. The first-order valence-electron chi connectivity index (χ1n) is 31.7. The summed E-state index contributed by atoms with van der Waals surface area (Å²) in [5.41, 5.74) is 0. The summed E-state index contributed by atoms with van der Waals surface area (Å²) in [6, 6.07) is 0. The molecule has 0 amide bonds. The molecule has 0 aromatic heterocycles. The molecule has 0 bridgehead atoms. The molecule has 0 aliphatic heterocycles. The predicted octanol–water partition coefficient (Wildman–Crippen LogP) is 21.8. The standard InChI is InChI=1S/C71H116O6/c1-4-7-10-13-16-19-22-24-26-28-29-30-31-32-33-34-35-36-37-38-39-40-41-42-43-44-46-47-49-52-55-58-61-64-70(73)76-67-68(66-75-69(72)63-60-57-54-51-21-18-15-12-9-6-3)77-71(74)65-62-59-56-53-50-48-45-27-25-23-20-17-14-11-8-5-2/h7,10,16,19,24,26-27,29-30,32-33,35-36,38-39,41-42,44-46,49,52,68H,4-6,8-9,11-15,17-18,20-23,25,28,31,34,37,40,43,47-48,50-51,53-67H2,1-3H3/b10-7-,19-16-,26-24-,30-29-,33-32-,36-35-,39-38-,42-41-,45-27-,46-44-,52-49-. The van der Waals surface area contributed by atoms with E-state index in [1.54, 1.807) is 0 Å². The maximum absolute atomic E-state index is 12.9. The van der Waals surface area contributed by atoms with E-state index in [9.17, 15) is 14.4 Å². The third kappa shape index (κ3) is 62.3. The zero-order valence-corrected chi connectivity index (χ0v) is 49.9. The molecule has 0 rings (SSSR count). The Morgan fingerprint density at radius 2 is 0.506 bits per heavy atom. The Kier molecular flexibility index (Phi) is 60.4. The number of esters is 3. The van der Waals surface area contributed by atoms with Crippen molar-refractivity contribution in [2.24, 2.45) is 0 Å². The van der Waals surface area contributed by atoms with Crippen molar-refractivity contribution in [3.8, 4) is 0 Å². The Hall–Kier alpha value is -4.45. The maximum atomic E-state index is 12.9. The van der Waals surface area contributed by atoms with Gasteiger partial charge in [-0.05, 0) is 122 Å². The minimum absolute atomic E-state index is 0.0960. The van der Waals surface area contributed by atoms with Crippen LogP contribution in [0, 0.1) is 0 Å². The number of rotatable bonds is 56. The Balaban J connectivity index is 4.33. The van der Waals surface area contributed by atoms with Crippen LogP contribution in [0.2, 0.25) is 0 Å². The van der Waals surface area contributed by atoms with E-state index >= 15 is 0 Å². The highest BCUT2D eigenvalue weighted by Gasteiger charge is 2.19. The highest BCUT2D eigenvalue weighted by molar-refractivity contribution is 5.71. The van der Waals surface area contributed by atoms with Crippen molar-refractivity contribution < 1.29 is 28.6 Å². The largest absolute Gasteiger partial charge is 0.462 e. The summed E-state index contributed by atoms with van der Waals surface area (Å²) < 4.78 is 16.8. The van der Waals surface area contributed by atoms with Gasteiger partial charge in [0.25, 0.3) is 0 Å². The van der Waals surface area contributed by atoms with E-state index in [1.807, 2.05) is 0 Å². The van der Waals surface area contributed by atoms with Crippen LogP contribution >= 0.6 is 0 Å². The number of unbranched alkanes of at least 4 members (excludes halogenated alkanes) is 23. The molecule has 0 saturated heterocycles. The van der Waals surface area contributed by atoms with Crippen molar-refractivity contribution in [3.63, 3.8) is 0 Å². The van der Waals surface area contributed by atoms with Crippen molar-refractivity contribution in [1.82, 2.24) is 0 Å². The monoisotopic (exact) mass is 1060 g/mol. The molecule has 6 nitrogen and oxygen atoms in total. The lowest BCUT2D eigenvalue weighted by atomic mass is 10.1. The highest BCUT2D eigenvalue weighted by atomic mass is 16.6. The third-order valence-corrected chi connectivity index (χ3v) is 13.1. The molecular weight excluding hydrogens is 949 g/mol. The van der Waals surface area contributed by atoms with Crippen LogP contribution in [0.1, 0.15) is 278 Å². The molecule has 77 heavy (non-hydrogen) atoms. The van der Waals surface area contributed by atoms with Gasteiger partial charge in [0.05, 0.1) is 0 Å². The molecule has 0 radical (unpaired) electrons. The quantitative estimate of drug-likeness (QED) is 0.0261. The van der Waals surface area contributed by atoms with Gasteiger partial charge in [-0.15, -0.1) is 0 Å². The fourth-order valence-corrected chi connectivity index (χ4v) is 8.41. The second-order valence-electron chi connectivity index (χ2n) is 20.6. The van der Waals surface area contributed by atoms with E-state index in [4.69, 9.17) is 14.2 Å². The van der Waals surface area contributed by atoms with Gasteiger partial charge in [0, 0.05) is 19.3 Å². The van der Waals surface area contributed by atoms with E-state index in [0.717, 1.165) is 128 Å². The van der Waals surface area contributed by atoms with Crippen LogP contribution in [0.25, 0.3) is 0 Å². The minimum atomic E-state index is -0.802. The van der Waals surface area contributed by atoms with Crippen molar-refractivity contribution >= 4 is 17.9 Å². The van der Waals surface area contributed by atoms with Gasteiger partial charge in [0.15, 0.2) is 6.10 Å². The maximum Gasteiger partial charge on any atom is 0.306 e. The van der Waals surface area contributed by atoms with Gasteiger partial charge in [-0.3, -0.25) is 14.4 Å². The number of carbonyl (C=O) groups is 3. The van der Waals surface area contributed by atoms with Crippen LogP contribution < -0.4 is 0 Å². The molecule has 436 valence electrons.